The zero-order valence-corrected chi connectivity index (χ0v) is 20.7. The number of ether oxygens (including phenoxy) is 1. The summed E-state index contributed by atoms with van der Waals surface area (Å²) in [6, 6.07) is 20.0. The summed E-state index contributed by atoms with van der Waals surface area (Å²) in [5.74, 6) is -0.0981. The Kier molecular flexibility index (Phi) is 6.83. The van der Waals surface area contributed by atoms with E-state index in [1.165, 1.54) is 24.3 Å². The van der Waals surface area contributed by atoms with Crippen LogP contribution < -0.4 is 9.46 Å². The van der Waals surface area contributed by atoms with E-state index in [0.717, 1.165) is 22.0 Å². The van der Waals surface area contributed by atoms with Crippen molar-refractivity contribution in [2.75, 3.05) is 6.61 Å². The number of rotatable bonds is 7. The van der Waals surface area contributed by atoms with Gasteiger partial charge in [0, 0.05) is 15.9 Å². The average molecular weight is 508 g/mol. The minimum absolute atomic E-state index is 0.107. The Balaban J connectivity index is 1.58. The molecule has 0 aliphatic rings. The number of sulfonamides is 1. The quantitative estimate of drug-likeness (QED) is 0.380. The van der Waals surface area contributed by atoms with Gasteiger partial charge in [0.2, 0.25) is 0 Å². The number of para-hydroxylation sites is 1. The maximum absolute atomic E-state index is 13.1. The lowest BCUT2D eigenvalue weighted by atomic mass is 10.1. The van der Waals surface area contributed by atoms with Crippen LogP contribution in [0.25, 0.3) is 10.9 Å². The number of benzene rings is 3. The van der Waals surface area contributed by atoms with Gasteiger partial charge in [-0.3, -0.25) is 4.79 Å². The lowest BCUT2D eigenvalue weighted by molar-refractivity contribution is 0.0972. The molecule has 1 N–H and O–H groups in total. The molecule has 9 heteroatoms. The molecule has 0 aliphatic carbocycles. The molecule has 35 heavy (non-hydrogen) atoms. The van der Waals surface area contributed by atoms with Gasteiger partial charge in [0.1, 0.15) is 18.1 Å². The Hall–Kier alpha value is -3.80. The molecule has 0 bridgehead atoms. The van der Waals surface area contributed by atoms with Gasteiger partial charge < -0.3 is 9.30 Å². The molecular formula is C26H22ClN3O4S. The number of hydrogen-bond donors (Lipinski definition) is 1. The Morgan fingerprint density at radius 1 is 1.06 bits per heavy atom. The van der Waals surface area contributed by atoms with Crippen LogP contribution in [0.15, 0.2) is 71.6 Å². The first-order chi connectivity index (χ1) is 16.7. The van der Waals surface area contributed by atoms with E-state index in [2.05, 4.69) is 4.72 Å². The number of aryl methyl sites for hydroxylation is 2. The molecule has 0 atom stereocenters. The van der Waals surface area contributed by atoms with Gasteiger partial charge in [-0.05, 0) is 73.5 Å². The highest BCUT2D eigenvalue weighted by molar-refractivity contribution is 7.90. The summed E-state index contributed by atoms with van der Waals surface area (Å²) in [7, 11) is -4.13. The van der Waals surface area contributed by atoms with Crippen LogP contribution in [0.4, 0.5) is 0 Å². The maximum Gasteiger partial charge on any atom is 0.281 e. The van der Waals surface area contributed by atoms with E-state index in [0.29, 0.717) is 22.9 Å². The van der Waals surface area contributed by atoms with Gasteiger partial charge in [-0.15, -0.1) is 0 Å². The molecule has 1 heterocycles. The number of nitriles is 1. The number of amides is 1. The van der Waals surface area contributed by atoms with Crippen molar-refractivity contribution in [1.82, 2.24) is 9.29 Å². The fourth-order valence-electron chi connectivity index (χ4n) is 3.83. The number of hydrogen-bond acceptors (Lipinski definition) is 5. The first-order valence-electron chi connectivity index (χ1n) is 10.7. The summed E-state index contributed by atoms with van der Waals surface area (Å²) < 4.78 is 35.3. The van der Waals surface area contributed by atoms with Crippen molar-refractivity contribution in [3.63, 3.8) is 0 Å². The summed E-state index contributed by atoms with van der Waals surface area (Å²) in [6.07, 6.45) is 0. The van der Waals surface area contributed by atoms with Crippen LogP contribution in [0.2, 0.25) is 5.02 Å². The van der Waals surface area contributed by atoms with Crippen molar-refractivity contribution in [2.24, 2.45) is 0 Å². The number of halogens is 1. The molecule has 0 saturated heterocycles. The largest absolute Gasteiger partial charge is 0.492 e. The van der Waals surface area contributed by atoms with E-state index in [1.807, 2.05) is 56.3 Å². The fraction of sp³-hybridized carbons (Fsp3) is 0.154. The summed E-state index contributed by atoms with van der Waals surface area (Å²) >= 11 is 6.23. The predicted octanol–water partition coefficient (Wildman–Crippen LogP) is 4.98. The smallest absolute Gasteiger partial charge is 0.281 e. The highest BCUT2D eigenvalue weighted by atomic mass is 35.5. The SMILES string of the molecule is Cc1cc(OCCn2c(C(=O)NS(=O)(=O)c3ccc(C#N)cc3)cc3ccccc32)cc(C)c1Cl. The lowest BCUT2D eigenvalue weighted by Crippen LogP contribution is -2.32. The molecule has 0 unspecified atom stereocenters. The molecule has 4 rings (SSSR count). The number of carbonyl (C=O) groups is 1. The van der Waals surface area contributed by atoms with Crippen LogP contribution in [-0.4, -0.2) is 25.5 Å². The highest BCUT2D eigenvalue weighted by Crippen LogP contribution is 2.26. The lowest BCUT2D eigenvalue weighted by Gasteiger charge is -2.14. The average Bonchev–Trinajstić information content (AvgIpc) is 3.21. The van der Waals surface area contributed by atoms with Crippen LogP contribution in [0.5, 0.6) is 5.75 Å². The minimum atomic E-state index is -4.13. The molecule has 7 nitrogen and oxygen atoms in total. The molecule has 4 aromatic rings. The highest BCUT2D eigenvalue weighted by Gasteiger charge is 2.22. The number of carbonyl (C=O) groups excluding carboxylic acids is 1. The van der Waals surface area contributed by atoms with Gasteiger partial charge in [0.15, 0.2) is 0 Å². The first kappa shape index (κ1) is 24.3. The molecule has 1 amide bonds. The molecule has 3 aromatic carbocycles. The van der Waals surface area contributed by atoms with Crippen LogP contribution in [-0.2, 0) is 16.6 Å². The van der Waals surface area contributed by atoms with Crippen molar-refractivity contribution in [3.8, 4) is 11.8 Å². The molecule has 0 radical (unpaired) electrons. The molecular weight excluding hydrogens is 486 g/mol. The molecule has 0 fully saturated rings. The van der Waals surface area contributed by atoms with Crippen molar-refractivity contribution in [2.45, 2.75) is 25.3 Å². The summed E-state index contributed by atoms with van der Waals surface area (Å²) in [5.41, 5.74) is 3.10. The van der Waals surface area contributed by atoms with Crippen molar-refractivity contribution < 1.29 is 17.9 Å². The second-order valence-corrected chi connectivity index (χ2v) is 10.1. The standard InChI is InChI=1S/C26H22ClN3O4S/c1-17-13-21(14-18(2)25(17)27)34-12-11-30-23-6-4-3-5-20(23)15-24(30)26(31)29-35(32,33)22-9-7-19(16-28)8-10-22/h3-10,13-15H,11-12H2,1-2H3,(H,29,31). The van der Waals surface area contributed by atoms with Crippen LogP contribution in [0.1, 0.15) is 27.2 Å². The zero-order chi connectivity index (χ0) is 25.2. The van der Waals surface area contributed by atoms with Gasteiger partial charge in [-0.25, -0.2) is 13.1 Å². The number of nitrogens with zero attached hydrogens (tertiary/aromatic N) is 2. The summed E-state index contributed by atoms with van der Waals surface area (Å²) in [4.78, 5) is 13.0. The Morgan fingerprint density at radius 3 is 2.37 bits per heavy atom. The first-order valence-corrected chi connectivity index (χ1v) is 12.6. The molecule has 1 aromatic heterocycles. The normalized spacial score (nSPS) is 11.3. The van der Waals surface area contributed by atoms with Crippen molar-refractivity contribution in [1.29, 1.82) is 5.26 Å². The molecule has 0 spiro atoms. The molecule has 0 saturated carbocycles. The number of aromatic nitrogens is 1. The van der Waals surface area contributed by atoms with E-state index in [9.17, 15) is 13.2 Å². The number of fused-ring (bicyclic) bond motifs is 1. The monoisotopic (exact) mass is 507 g/mol. The van der Waals surface area contributed by atoms with Gasteiger partial charge in [0.25, 0.3) is 15.9 Å². The van der Waals surface area contributed by atoms with Crippen LogP contribution >= 0.6 is 11.6 Å². The number of nitrogens with one attached hydrogen (secondary N) is 1. The van der Waals surface area contributed by atoms with E-state index < -0.39 is 15.9 Å². The zero-order valence-electron chi connectivity index (χ0n) is 19.1. The molecule has 178 valence electrons. The van der Waals surface area contributed by atoms with Crippen molar-refractivity contribution in [3.05, 3.63) is 94.1 Å². The van der Waals surface area contributed by atoms with Gasteiger partial charge in [-0.1, -0.05) is 29.8 Å². The second-order valence-electron chi connectivity index (χ2n) is 8.03. The summed E-state index contributed by atoms with van der Waals surface area (Å²) in [6.45, 7) is 4.37. The second kappa shape index (κ2) is 9.82. The Labute approximate surface area is 208 Å². The van der Waals surface area contributed by atoms with E-state index in [4.69, 9.17) is 21.6 Å². The van der Waals surface area contributed by atoms with Crippen molar-refractivity contribution >= 4 is 38.4 Å². The van der Waals surface area contributed by atoms with E-state index in [1.54, 1.807) is 10.6 Å². The maximum atomic E-state index is 13.1. The fourth-order valence-corrected chi connectivity index (χ4v) is 4.90. The Bertz CT molecular complexity index is 1550. The van der Waals surface area contributed by atoms with Gasteiger partial charge >= 0.3 is 0 Å². The van der Waals surface area contributed by atoms with E-state index >= 15 is 0 Å². The van der Waals surface area contributed by atoms with E-state index in [-0.39, 0.29) is 17.2 Å². The van der Waals surface area contributed by atoms with Gasteiger partial charge in [-0.2, -0.15) is 5.26 Å². The summed E-state index contributed by atoms with van der Waals surface area (Å²) in [5, 5.41) is 10.4. The third kappa shape index (κ3) is 5.16. The van der Waals surface area contributed by atoms with Crippen LogP contribution in [0, 0.1) is 25.2 Å². The predicted molar refractivity (Wildman–Crippen MR) is 134 cm³/mol. The minimum Gasteiger partial charge on any atom is -0.492 e. The van der Waals surface area contributed by atoms with Crippen LogP contribution in [0.3, 0.4) is 0 Å². The van der Waals surface area contributed by atoms with Gasteiger partial charge in [0.05, 0.1) is 23.1 Å². The molecule has 0 aliphatic heterocycles. The topological polar surface area (TPSA) is 101 Å². The Morgan fingerprint density at radius 2 is 1.71 bits per heavy atom. The third-order valence-electron chi connectivity index (χ3n) is 5.56. The third-order valence-corrected chi connectivity index (χ3v) is 7.50.